The number of rotatable bonds is 14. The maximum Gasteiger partial charge on any atom is 0.0256 e. The summed E-state index contributed by atoms with van der Waals surface area (Å²) in [7, 11) is 0. The van der Waals surface area contributed by atoms with Crippen LogP contribution in [0.1, 0.15) is 115 Å². The molecule has 0 saturated carbocycles. The molecule has 1 heteroatoms. The SMILES string of the molecule is CCCCCCCCC1(CCCCCCCC)c2ccccc2-c2c(Br)cccc21. The molecule has 0 spiro atoms. The van der Waals surface area contributed by atoms with Gasteiger partial charge in [-0.3, -0.25) is 0 Å². The fraction of sp³-hybridized carbons (Fsp3) is 0.586. The molecule has 0 aliphatic heterocycles. The Morgan fingerprint density at radius 2 is 1.13 bits per heavy atom. The Hall–Kier alpha value is -1.08. The predicted molar refractivity (Wildman–Crippen MR) is 136 cm³/mol. The summed E-state index contributed by atoms with van der Waals surface area (Å²) in [5, 5.41) is 0. The van der Waals surface area contributed by atoms with Crippen LogP contribution in [0.15, 0.2) is 46.9 Å². The van der Waals surface area contributed by atoms with Crippen LogP contribution in [-0.4, -0.2) is 0 Å². The number of benzene rings is 2. The topological polar surface area (TPSA) is 0 Å². The molecule has 1 aliphatic rings. The molecule has 0 N–H and O–H groups in total. The smallest absolute Gasteiger partial charge is 0.0256 e. The highest BCUT2D eigenvalue weighted by molar-refractivity contribution is 9.10. The van der Waals surface area contributed by atoms with E-state index in [4.69, 9.17) is 0 Å². The van der Waals surface area contributed by atoms with Gasteiger partial charge in [-0.2, -0.15) is 0 Å². The van der Waals surface area contributed by atoms with Crippen LogP contribution in [0.3, 0.4) is 0 Å². The molecular formula is C29H41Br. The first kappa shape index (κ1) is 23.6. The van der Waals surface area contributed by atoms with E-state index in [0.29, 0.717) is 0 Å². The first-order valence-electron chi connectivity index (χ1n) is 12.6. The molecule has 30 heavy (non-hydrogen) atoms. The van der Waals surface area contributed by atoms with Crippen molar-refractivity contribution in [1.82, 2.24) is 0 Å². The zero-order valence-electron chi connectivity index (χ0n) is 19.3. The van der Waals surface area contributed by atoms with Crippen LogP contribution in [0.2, 0.25) is 0 Å². The lowest BCUT2D eigenvalue weighted by atomic mass is 9.70. The molecule has 3 rings (SSSR count). The van der Waals surface area contributed by atoms with Crippen LogP contribution < -0.4 is 0 Å². The minimum absolute atomic E-state index is 0.214. The van der Waals surface area contributed by atoms with Crippen molar-refractivity contribution in [2.24, 2.45) is 0 Å². The summed E-state index contributed by atoms with van der Waals surface area (Å²) in [6.07, 6.45) is 19.1. The van der Waals surface area contributed by atoms with Crippen molar-refractivity contribution in [3.63, 3.8) is 0 Å². The minimum atomic E-state index is 0.214. The van der Waals surface area contributed by atoms with Gasteiger partial charge in [-0.05, 0) is 35.6 Å². The Morgan fingerprint density at radius 3 is 1.77 bits per heavy atom. The number of hydrogen-bond acceptors (Lipinski definition) is 0. The standard InChI is InChI=1S/C29H41Br/c1-3-5-7-9-11-15-22-29(23-16-12-10-8-6-4-2)25-19-14-13-18-24(25)28-26(29)20-17-21-27(28)30/h13-14,17-21H,3-12,15-16,22-23H2,1-2H3. The third-order valence-corrected chi connectivity index (χ3v) is 7.82. The number of fused-ring (bicyclic) bond motifs is 3. The van der Waals surface area contributed by atoms with Crippen LogP contribution >= 0.6 is 15.9 Å². The van der Waals surface area contributed by atoms with Crippen LogP contribution in [0.25, 0.3) is 11.1 Å². The van der Waals surface area contributed by atoms with Crippen LogP contribution in [0, 0.1) is 0 Å². The molecule has 0 amide bonds. The normalized spacial score (nSPS) is 14.0. The van der Waals surface area contributed by atoms with E-state index in [0.717, 1.165) is 0 Å². The average molecular weight is 470 g/mol. The molecule has 1 aliphatic carbocycles. The molecular weight excluding hydrogens is 428 g/mol. The lowest BCUT2D eigenvalue weighted by Gasteiger charge is -2.33. The van der Waals surface area contributed by atoms with Gasteiger partial charge in [-0.1, -0.05) is 143 Å². The third-order valence-electron chi connectivity index (χ3n) is 7.16. The van der Waals surface area contributed by atoms with Gasteiger partial charge in [-0.15, -0.1) is 0 Å². The summed E-state index contributed by atoms with van der Waals surface area (Å²) in [5.41, 5.74) is 6.32. The van der Waals surface area contributed by atoms with Gasteiger partial charge in [0.05, 0.1) is 0 Å². The van der Waals surface area contributed by atoms with E-state index in [1.165, 1.54) is 105 Å². The van der Waals surface area contributed by atoms with Crippen LogP contribution in [0.5, 0.6) is 0 Å². The largest absolute Gasteiger partial charge is 0.0654 e. The zero-order chi connectivity index (χ0) is 21.2. The molecule has 0 radical (unpaired) electrons. The first-order chi connectivity index (χ1) is 14.7. The van der Waals surface area contributed by atoms with Gasteiger partial charge in [-0.25, -0.2) is 0 Å². The van der Waals surface area contributed by atoms with Gasteiger partial charge in [0.15, 0.2) is 0 Å². The second kappa shape index (κ2) is 12.1. The maximum atomic E-state index is 3.89. The fourth-order valence-corrected chi connectivity index (χ4v) is 6.12. The summed E-state index contributed by atoms with van der Waals surface area (Å²) in [6.45, 7) is 4.61. The molecule has 2 aromatic rings. The predicted octanol–water partition coefficient (Wildman–Crippen LogP) is 10.2. The number of halogens is 1. The minimum Gasteiger partial charge on any atom is -0.0654 e. The summed E-state index contributed by atoms with van der Waals surface area (Å²) in [6, 6.07) is 16.2. The summed E-state index contributed by atoms with van der Waals surface area (Å²) >= 11 is 3.89. The van der Waals surface area contributed by atoms with E-state index in [-0.39, 0.29) is 5.41 Å². The Balaban J connectivity index is 1.81. The van der Waals surface area contributed by atoms with Crippen molar-refractivity contribution in [3.8, 4) is 11.1 Å². The van der Waals surface area contributed by atoms with Crippen molar-refractivity contribution < 1.29 is 0 Å². The molecule has 0 aromatic heterocycles. The van der Waals surface area contributed by atoms with Gasteiger partial charge < -0.3 is 0 Å². The van der Waals surface area contributed by atoms with Gasteiger partial charge >= 0.3 is 0 Å². The zero-order valence-corrected chi connectivity index (χ0v) is 20.9. The molecule has 0 atom stereocenters. The van der Waals surface area contributed by atoms with E-state index < -0.39 is 0 Å². The van der Waals surface area contributed by atoms with Crippen molar-refractivity contribution in [2.75, 3.05) is 0 Å². The van der Waals surface area contributed by atoms with E-state index in [1.807, 2.05) is 0 Å². The Morgan fingerprint density at radius 1 is 0.600 bits per heavy atom. The second-order valence-corrected chi connectivity index (χ2v) is 10.2. The molecule has 0 fully saturated rings. The Labute approximate surface area is 194 Å². The van der Waals surface area contributed by atoms with Crippen molar-refractivity contribution in [1.29, 1.82) is 0 Å². The van der Waals surface area contributed by atoms with Crippen molar-refractivity contribution >= 4 is 15.9 Å². The van der Waals surface area contributed by atoms with Gasteiger partial charge in [0.1, 0.15) is 0 Å². The molecule has 0 bridgehead atoms. The quantitative estimate of drug-likeness (QED) is 0.241. The molecule has 0 saturated heterocycles. The third kappa shape index (κ3) is 5.39. The number of unbranched alkanes of at least 4 members (excludes halogenated alkanes) is 10. The molecule has 0 heterocycles. The molecule has 0 unspecified atom stereocenters. The monoisotopic (exact) mass is 468 g/mol. The Bertz CT molecular complexity index is 760. The average Bonchev–Trinajstić information content (AvgIpc) is 3.04. The van der Waals surface area contributed by atoms with Crippen LogP contribution in [0.4, 0.5) is 0 Å². The van der Waals surface area contributed by atoms with E-state index >= 15 is 0 Å². The summed E-state index contributed by atoms with van der Waals surface area (Å²) < 4.78 is 1.26. The highest BCUT2D eigenvalue weighted by Gasteiger charge is 2.42. The molecule has 2 aromatic carbocycles. The highest BCUT2D eigenvalue weighted by atomic mass is 79.9. The second-order valence-electron chi connectivity index (χ2n) is 9.33. The van der Waals surface area contributed by atoms with Gasteiger partial charge in [0.2, 0.25) is 0 Å². The summed E-state index contributed by atoms with van der Waals surface area (Å²) in [4.78, 5) is 0. The van der Waals surface area contributed by atoms with Gasteiger partial charge in [0, 0.05) is 15.5 Å². The lowest BCUT2D eigenvalue weighted by Crippen LogP contribution is -2.25. The highest BCUT2D eigenvalue weighted by Crippen LogP contribution is 2.55. The molecule has 164 valence electrons. The first-order valence-corrected chi connectivity index (χ1v) is 13.4. The fourth-order valence-electron chi connectivity index (χ4n) is 5.54. The van der Waals surface area contributed by atoms with Gasteiger partial charge in [0.25, 0.3) is 0 Å². The number of hydrogen-bond donors (Lipinski definition) is 0. The molecule has 0 nitrogen and oxygen atoms in total. The Kier molecular flexibility index (Phi) is 9.50. The lowest BCUT2D eigenvalue weighted by molar-refractivity contribution is 0.398. The maximum absolute atomic E-state index is 3.89. The van der Waals surface area contributed by atoms with E-state index in [2.05, 4.69) is 72.2 Å². The summed E-state index contributed by atoms with van der Waals surface area (Å²) in [5.74, 6) is 0. The van der Waals surface area contributed by atoms with Crippen molar-refractivity contribution in [2.45, 2.75) is 109 Å². The van der Waals surface area contributed by atoms with Crippen molar-refractivity contribution in [3.05, 3.63) is 58.1 Å². The van der Waals surface area contributed by atoms with E-state index in [9.17, 15) is 0 Å². The van der Waals surface area contributed by atoms with E-state index in [1.54, 1.807) is 11.1 Å². The van der Waals surface area contributed by atoms with Crippen LogP contribution in [-0.2, 0) is 5.41 Å².